The first-order valence-corrected chi connectivity index (χ1v) is 8.10. The number of pyridine rings is 1. The smallest absolute Gasteiger partial charge is 0.224 e. The summed E-state index contributed by atoms with van der Waals surface area (Å²) in [6.07, 6.45) is 4.52. The van der Waals surface area contributed by atoms with Crippen LogP contribution in [-0.4, -0.2) is 50.3 Å². The van der Waals surface area contributed by atoms with Gasteiger partial charge in [0.15, 0.2) is 0 Å². The topological polar surface area (TPSA) is 66.5 Å². The van der Waals surface area contributed by atoms with Crippen molar-refractivity contribution in [1.82, 2.24) is 10.3 Å². The third-order valence-corrected chi connectivity index (χ3v) is 4.30. The molecule has 3 heterocycles. The highest BCUT2D eigenvalue weighted by atomic mass is 35.5. The number of amides is 1. The Kier molecular flexibility index (Phi) is 9.36. The van der Waals surface area contributed by atoms with Gasteiger partial charge >= 0.3 is 0 Å². The molecule has 2 fully saturated rings. The Bertz CT molecular complexity index is 489. The van der Waals surface area contributed by atoms with E-state index in [2.05, 4.69) is 20.5 Å². The van der Waals surface area contributed by atoms with Crippen LogP contribution in [0.1, 0.15) is 19.3 Å². The van der Waals surface area contributed by atoms with E-state index in [9.17, 15) is 4.79 Å². The molecular weight excluding hydrogens is 351 g/mol. The van der Waals surface area contributed by atoms with Gasteiger partial charge in [-0.3, -0.25) is 4.79 Å². The van der Waals surface area contributed by atoms with Crippen LogP contribution < -0.4 is 15.5 Å². The molecule has 3 rings (SSSR count). The Balaban J connectivity index is 0.00000144. The fourth-order valence-electron chi connectivity index (χ4n) is 3.00. The summed E-state index contributed by atoms with van der Waals surface area (Å²) in [4.78, 5) is 18.7. The van der Waals surface area contributed by atoms with Gasteiger partial charge in [0.1, 0.15) is 5.82 Å². The molecule has 0 spiro atoms. The van der Waals surface area contributed by atoms with Crippen molar-refractivity contribution in [3.63, 3.8) is 0 Å². The van der Waals surface area contributed by atoms with Gasteiger partial charge in [-0.25, -0.2) is 4.98 Å². The highest BCUT2D eigenvalue weighted by molar-refractivity contribution is 5.90. The average molecular weight is 377 g/mol. The maximum absolute atomic E-state index is 12.1. The predicted molar refractivity (Wildman–Crippen MR) is 101 cm³/mol. The number of nitrogens with zero attached hydrogens (tertiary/aromatic N) is 2. The second kappa shape index (κ2) is 10.7. The van der Waals surface area contributed by atoms with E-state index in [0.717, 1.165) is 63.7 Å². The standard InChI is InChI=1S/C16H24N4O2.2ClH/c21-16(11-13-3-5-17-6-4-13)19-14-1-2-15(18-12-14)20-7-9-22-10-8-20;;/h1-2,12-13,17H,3-11H2,(H,19,21);2*1H. The maximum atomic E-state index is 12.1. The van der Waals surface area contributed by atoms with Gasteiger partial charge in [-0.1, -0.05) is 0 Å². The highest BCUT2D eigenvalue weighted by Gasteiger charge is 2.17. The number of morpholine rings is 1. The van der Waals surface area contributed by atoms with E-state index in [0.29, 0.717) is 12.3 Å². The number of hydrogen-bond acceptors (Lipinski definition) is 5. The highest BCUT2D eigenvalue weighted by Crippen LogP contribution is 2.18. The summed E-state index contributed by atoms with van der Waals surface area (Å²) in [6, 6.07) is 3.89. The Labute approximate surface area is 155 Å². The van der Waals surface area contributed by atoms with E-state index in [-0.39, 0.29) is 30.7 Å². The predicted octanol–water partition coefficient (Wildman–Crippen LogP) is 2.09. The molecule has 2 aliphatic heterocycles. The van der Waals surface area contributed by atoms with Crippen molar-refractivity contribution in [1.29, 1.82) is 0 Å². The van der Waals surface area contributed by atoms with E-state index in [1.165, 1.54) is 0 Å². The van der Waals surface area contributed by atoms with E-state index >= 15 is 0 Å². The average Bonchev–Trinajstić information content (AvgIpc) is 2.57. The van der Waals surface area contributed by atoms with Crippen LogP contribution in [0.2, 0.25) is 0 Å². The molecule has 0 bridgehead atoms. The van der Waals surface area contributed by atoms with Crippen molar-refractivity contribution in [3.05, 3.63) is 18.3 Å². The number of halogens is 2. The fourth-order valence-corrected chi connectivity index (χ4v) is 3.00. The minimum atomic E-state index is 0. The first kappa shape index (κ1) is 21.0. The molecule has 2 aliphatic rings. The Morgan fingerprint density at radius 3 is 2.58 bits per heavy atom. The normalized spacial score (nSPS) is 18.2. The molecule has 2 N–H and O–H groups in total. The summed E-state index contributed by atoms with van der Waals surface area (Å²) in [5.41, 5.74) is 0.774. The number of rotatable bonds is 4. The van der Waals surface area contributed by atoms with E-state index in [4.69, 9.17) is 4.74 Å². The van der Waals surface area contributed by atoms with E-state index < -0.39 is 0 Å². The molecule has 0 aromatic carbocycles. The van der Waals surface area contributed by atoms with Crippen LogP contribution in [0.25, 0.3) is 0 Å². The third-order valence-electron chi connectivity index (χ3n) is 4.30. The molecule has 1 aromatic heterocycles. The van der Waals surface area contributed by atoms with Gasteiger partial charge in [-0.2, -0.15) is 0 Å². The van der Waals surface area contributed by atoms with Crippen molar-refractivity contribution in [2.24, 2.45) is 5.92 Å². The number of carbonyl (C=O) groups excluding carboxylic acids is 1. The van der Waals surface area contributed by atoms with Gasteiger partial charge in [-0.05, 0) is 44.0 Å². The maximum Gasteiger partial charge on any atom is 0.224 e. The Morgan fingerprint density at radius 2 is 1.96 bits per heavy atom. The van der Waals surface area contributed by atoms with Crippen molar-refractivity contribution in [2.75, 3.05) is 49.6 Å². The summed E-state index contributed by atoms with van der Waals surface area (Å²) in [7, 11) is 0. The van der Waals surface area contributed by atoms with Gasteiger partial charge in [0.05, 0.1) is 25.1 Å². The molecule has 8 heteroatoms. The second-order valence-electron chi connectivity index (χ2n) is 5.95. The van der Waals surface area contributed by atoms with Gasteiger partial charge in [0.2, 0.25) is 5.91 Å². The largest absolute Gasteiger partial charge is 0.378 e. The molecule has 1 aromatic rings. The monoisotopic (exact) mass is 376 g/mol. The summed E-state index contributed by atoms with van der Waals surface area (Å²) in [5.74, 6) is 1.54. The second-order valence-corrected chi connectivity index (χ2v) is 5.95. The number of hydrogen-bond donors (Lipinski definition) is 2. The van der Waals surface area contributed by atoms with Crippen LogP contribution >= 0.6 is 24.8 Å². The molecular formula is C16H26Cl2N4O2. The zero-order valence-electron chi connectivity index (χ0n) is 13.7. The third kappa shape index (κ3) is 6.09. The Morgan fingerprint density at radius 1 is 1.25 bits per heavy atom. The van der Waals surface area contributed by atoms with Crippen molar-refractivity contribution in [3.8, 4) is 0 Å². The number of carbonyl (C=O) groups is 1. The summed E-state index contributed by atoms with van der Waals surface area (Å²) >= 11 is 0. The number of anilines is 2. The molecule has 136 valence electrons. The fraction of sp³-hybridized carbons (Fsp3) is 0.625. The lowest BCUT2D eigenvalue weighted by atomic mass is 9.94. The lowest BCUT2D eigenvalue weighted by molar-refractivity contribution is -0.117. The summed E-state index contributed by atoms with van der Waals surface area (Å²) < 4.78 is 5.34. The van der Waals surface area contributed by atoms with Gasteiger partial charge in [0.25, 0.3) is 0 Å². The van der Waals surface area contributed by atoms with E-state index in [1.54, 1.807) is 6.20 Å². The van der Waals surface area contributed by atoms with Crippen molar-refractivity contribution >= 4 is 42.2 Å². The quantitative estimate of drug-likeness (QED) is 0.841. The van der Waals surface area contributed by atoms with Crippen LogP contribution in [-0.2, 0) is 9.53 Å². The molecule has 0 radical (unpaired) electrons. The lowest BCUT2D eigenvalue weighted by Crippen LogP contribution is -2.36. The van der Waals surface area contributed by atoms with Gasteiger partial charge in [-0.15, -0.1) is 24.8 Å². The minimum Gasteiger partial charge on any atom is -0.378 e. The molecule has 0 saturated carbocycles. The SMILES string of the molecule is Cl.Cl.O=C(CC1CCNCC1)Nc1ccc(N2CCOCC2)nc1. The zero-order chi connectivity index (χ0) is 15.2. The van der Waals surface area contributed by atoms with Crippen LogP contribution in [0.15, 0.2) is 18.3 Å². The number of nitrogens with one attached hydrogen (secondary N) is 2. The molecule has 0 unspecified atom stereocenters. The first-order valence-electron chi connectivity index (χ1n) is 8.10. The van der Waals surface area contributed by atoms with E-state index in [1.807, 2.05) is 12.1 Å². The lowest BCUT2D eigenvalue weighted by Gasteiger charge is -2.27. The van der Waals surface area contributed by atoms with Crippen LogP contribution in [0.4, 0.5) is 11.5 Å². The molecule has 2 saturated heterocycles. The first-order chi connectivity index (χ1) is 10.8. The Hall–Kier alpha value is -1.08. The molecule has 24 heavy (non-hydrogen) atoms. The molecule has 6 nitrogen and oxygen atoms in total. The van der Waals surface area contributed by atoms with Crippen LogP contribution in [0.5, 0.6) is 0 Å². The van der Waals surface area contributed by atoms with Crippen molar-refractivity contribution in [2.45, 2.75) is 19.3 Å². The minimum absolute atomic E-state index is 0. The van der Waals surface area contributed by atoms with Gasteiger partial charge < -0.3 is 20.3 Å². The molecule has 0 atom stereocenters. The zero-order valence-corrected chi connectivity index (χ0v) is 15.3. The van der Waals surface area contributed by atoms with Crippen LogP contribution in [0, 0.1) is 5.92 Å². The van der Waals surface area contributed by atoms with Gasteiger partial charge in [0, 0.05) is 19.5 Å². The summed E-state index contributed by atoms with van der Waals surface area (Å²) in [5, 5.41) is 6.27. The summed E-state index contributed by atoms with van der Waals surface area (Å²) in [6.45, 7) is 5.27. The number of aromatic nitrogens is 1. The van der Waals surface area contributed by atoms with Crippen molar-refractivity contribution < 1.29 is 9.53 Å². The number of piperidine rings is 1. The molecule has 0 aliphatic carbocycles. The van der Waals surface area contributed by atoms with Crippen LogP contribution in [0.3, 0.4) is 0 Å². The number of ether oxygens (including phenoxy) is 1. The molecule has 1 amide bonds.